The van der Waals surface area contributed by atoms with Crippen molar-refractivity contribution in [2.45, 2.75) is 53.3 Å². The third-order valence-electron chi connectivity index (χ3n) is 3.18. The van der Waals surface area contributed by atoms with Crippen LogP contribution < -0.4 is 10.1 Å². The second-order valence-corrected chi connectivity index (χ2v) is 7.57. The van der Waals surface area contributed by atoms with Crippen molar-refractivity contribution in [3.8, 4) is 5.75 Å². The number of hydrogen-bond acceptors (Lipinski definition) is 4. The molecule has 0 aliphatic carbocycles. The summed E-state index contributed by atoms with van der Waals surface area (Å²) >= 11 is 1.70. The van der Waals surface area contributed by atoms with Gasteiger partial charge in [-0.2, -0.15) is 0 Å². The van der Waals surface area contributed by atoms with Crippen molar-refractivity contribution in [3.05, 3.63) is 45.4 Å². The lowest BCUT2D eigenvalue weighted by Crippen LogP contribution is -2.34. The third-order valence-corrected chi connectivity index (χ3v) is 4.23. The minimum Gasteiger partial charge on any atom is -0.486 e. The molecule has 1 heterocycles. The second-order valence-electron chi connectivity index (χ2n) is 6.29. The molecule has 0 atom stereocenters. The molecule has 0 saturated heterocycles. The number of thiazole rings is 1. The number of hydrogen-bond donors (Lipinski definition) is 1. The molecule has 0 fully saturated rings. The van der Waals surface area contributed by atoms with Crippen molar-refractivity contribution in [2.75, 3.05) is 0 Å². The van der Waals surface area contributed by atoms with E-state index in [1.54, 1.807) is 11.3 Å². The fourth-order valence-corrected chi connectivity index (χ4v) is 2.66. The molecule has 0 aliphatic rings. The summed E-state index contributed by atoms with van der Waals surface area (Å²) in [5.41, 5.74) is 2.50. The van der Waals surface area contributed by atoms with E-state index >= 15 is 0 Å². The maximum Gasteiger partial charge on any atom is 0.140 e. The predicted molar refractivity (Wildman–Crippen MR) is 89.0 cm³/mol. The first-order chi connectivity index (χ1) is 9.83. The zero-order chi connectivity index (χ0) is 15.5. The Hall–Kier alpha value is -1.39. The summed E-state index contributed by atoms with van der Waals surface area (Å²) in [5, 5.41) is 4.51. The van der Waals surface area contributed by atoms with Gasteiger partial charge in [-0.05, 0) is 52.3 Å². The van der Waals surface area contributed by atoms with E-state index in [9.17, 15) is 0 Å². The minimum absolute atomic E-state index is 0.135. The Morgan fingerprint density at radius 3 is 2.33 bits per heavy atom. The van der Waals surface area contributed by atoms with Crippen LogP contribution in [0.2, 0.25) is 0 Å². The summed E-state index contributed by atoms with van der Waals surface area (Å²) in [4.78, 5) is 5.74. The molecule has 0 radical (unpaired) electrons. The normalized spacial score (nSPS) is 11.7. The van der Waals surface area contributed by atoms with E-state index in [2.05, 4.69) is 50.1 Å². The van der Waals surface area contributed by atoms with E-state index in [-0.39, 0.29) is 5.54 Å². The Morgan fingerprint density at radius 2 is 1.81 bits per heavy atom. The Morgan fingerprint density at radius 1 is 1.14 bits per heavy atom. The molecule has 2 aromatic rings. The number of ether oxygens (including phenoxy) is 1. The molecule has 0 amide bonds. The highest BCUT2D eigenvalue weighted by Gasteiger charge is 2.08. The number of aromatic nitrogens is 1. The smallest absolute Gasteiger partial charge is 0.140 e. The standard InChI is InChI=1S/C17H24N2OS/c1-12-13(2)21-16(19-12)11-20-15-8-6-14(7-9-15)10-18-17(3,4)5/h6-9,18H,10-11H2,1-5H3. The van der Waals surface area contributed by atoms with Crippen molar-refractivity contribution in [1.29, 1.82) is 0 Å². The molecular formula is C17H24N2OS. The van der Waals surface area contributed by atoms with Crippen LogP contribution in [-0.2, 0) is 13.2 Å². The molecule has 1 aromatic carbocycles. The SMILES string of the molecule is Cc1nc(COc2ccc(CNC(C)(C)C)cc2)sc1C. The number of aryl methyl sites for hydroxylation is 2. The van der Waals surface area contributed by atoms with Crippen LogP contribution in [0.5, 0.6) is 5.75 Å². The number of rotatable bonds is 5. The first-order valence-corrected chi connectivity index (χ1v) is 8.05. The fourth-order valence-electron chi connectivity index (χ4n) is 1.82. The molecule has 0 aliphatic heterocycles. The average molecular weight is 304 g/mol. The van der Waals surface area contributed by atoms with E-state index in [4.69, 9.17) is 4.74 Å². The first-order valence-electron chi connectivity index (χ1n) is 7.23. The van der Waals surface area contributed by atoms with Crippen LogP contribution in [0, 0.1) is 13.8 Å². The van der Waals surface area contributed by atoms with Crippen LogP contribution in [0.15, 0.2) is 24.3 Å². The minimum atomic E-state index is 0.135. The lowest BCUT2D eigenvalue weighted by Gasteiger charge is -2.20. The third kappa shape index (κ3) is 5.14. The Labute approximate surface area is 131 Å². The number of nitrogens with zero attached hydrogens (tertiary/aromatic N) is 1. The summed E-state index contributed by atoms with van der Waals surface area (Å²) < 4.78 is 5.79. The van der Waals surface area contributed by atoms with Crippen molar-refractivity contribution in [3.63, 3.8) is 0 Å². The molecule has 3 nitrogen and oxygen atoms in total. The molecule has 1 N–H and O–H groups in total. The monoisotopic (exact) mass is 304 g/mol. The van der Waals surface area contributed by atoms with Crippen LogP contribution in [0.3, 0.4) is 0 Å². The molecule has 0 unspecified atom stereocenters. The quantitative estimate of drug-likeness (QED) is 0.897. The highest BCUT2D eigenvalue weighted by Crippen LogP contribution is 2.19. The summed E-state index contributed by atoms with van der Waals surface area (Å²) in [6.45, 7) is 12.0. The topological polar surface area (TPSA) is 34.1 Å². The van der Waals surface area contributed by atoms with E-state index in [1.807, 2.05) is 19.1 Å². The zero-order valence-corrected chi connectivity index (χ0v) is 14.3. The molecule has 0 bridgehead atoms. The van der Waals surface area contributed by atoms with Gasteiger partial charge in [-0.25, -0.2) is 4.98 Å². The van der Waals surface area contributed by atoms with Gasteiger partial charge in [-0.3, -0.25) is 0 Å². The van der Waals surface area contributed by atoms with Gasteiger partial charge in [0.2, 0.25) is 0 Å². The Kier molecular flexibility index (Phi) is 5.01. The Bertz CT molecular complexity index is 562. The van der Waals surface area contributed by atoms with Crippen LogP contribution in [0.25, 0.3) is 0 Å². The summed E-state index contributed by atoms with van der Waals surface area (Å²) in [7, 11) is 0. The van der Waals surface area contributed by atoms with Crippen molar-refractivity contribution in [1.82, 2.24) is 10.3 Å². The number of benzene rings is 1. The van der Waals surface area contributed by atoms with Gasteiger partial charge in [0.15, 0.2) is 0 Å². The van der Waals surface area contributed by atoms with Gasteiger partial charge in [0.05, 0.1) is 5.69 Å². The lowest BCUT2D eigenvalue weighted by atomic mass is 10.1. The van der Waals surface area contributed by atoms with Crippen LogP contribution in [0.4, 0.5) is 0 Å². The largest absolute Gasteiger partial charge is 0.486 e. The summed E-state index contributed by atoms with van der Waals surface area (Å²) in [6, 6.07) is 8.25. The summed E-state index contributed by atoms with van der Waals surface area (Å²) in [5.74, 6) is 0.889. The maximum absolute atomic E-state index is 5.79. The lowest BCUT2D eigenvalue weighted by molar-refractivity contribution is 0.305. The molecular weight excluding hydrogens is 280 g/mol. The second kappa shape index (κ2) is 6.58. The summed E-state index contributed by atoms with van der Waals surface area (Å²) in [6.07, 6.45) is 0. The number of nitrogens with one attached hydrogen (secondary N) is 1. The van der Waals surface area contributed by atoms with E-state index in [0.29, 0.717) is 6.61 Å². The molecule has 0 spiro atoms. The zero-order valence-electron chi connectivity index (χ0n) is 13.5. The highest BCUT2D eigenvalue weighted by atomic mass is 32.1. The molecule has 4 heteroatoms. The van der Waals surface area contributed by atoms with E-state index in [0.717, 1.165) is 23.0 Å². The molecule has 1 aromatic heterocycles. The van der Waals surface area contributed by atoms with Gasteiger partial charge in [0.1, 0.15) is 17.4 Å². The molecule has 21 heavy (non-hydrogen) atoms. The molecule has 0 saturated carbocycles. The van der Waals surface area contributed by atoms with Crippen LogP contribution >= 0.6 is 11.3 Å². The fraction of sp³-hybridized carbons (Fsp3) is 0.471. The van der Waals surface area contributed by atoms with Crippen molar-refractivity contribution in [2.24, 2.45) is 0 Å². The van der Waals surface area contributed by atoms with Crippen LogP contribution in [-0.4, -0.2) is 10.5 Å². The molecule has 2 rings (SSSR count). The maximum atomic E-state index is 5.79. The van der Waals surface area contributed by atoms with Gasteiger partial charge in [0.25, 0.3) is 0 Å². The van der Waals surface area contributed by atoms with Gasteiger partial charge >= 0.3 is 0 Å². The van der Waals surface area contributed by atoms with E-state index in [1.165, 1.54) is 10.4 Å². The van der Waals surface area contributed by atoms with Gasteiger partial charge < -0.3 is 10.1 Å². The molecule has 114 valence electrons. The van der Waals surface area contributed by atoms with Gasteiger partial charge in [-0.15, -0.1) is 11.3 Å². The first kappa shape index (κ1) is 16.0. The van der Waals surface area contributed by atoms with E-state index < -0.39 is 0 Å². The Balaban J connectivity index is 1.87. The highest BCUT2D eigenvalue weighted by molar-refractivity contribution is 7.11. The van der Waals surface area contributed by atoms with Gasteiger partial charge in [0, 0.05) is 17.0 Å². The van der Waals surface area contributed by atoms with Crippen molar-refractivity contribution < 1.29 is 4.74 Å². The predicted octanol–water partition coefficient (Wildman–Crippen LogP) is 4.23. The van der Waals surface area contributed by atoms with Crippen LogP contribution in [0.1, 0.15) is 41.9 Å². The van der Waals surface area contributed by atoms with Gasteiger partial charge in [-0.1, -0.05) is 12.1 Å². The van der Waals surface area contributed by atoms with Crippen molar-refractivity contribution >= 4 is 11.3 Å². The average Bonchev–Trinajstić information content (AvgIpc) is 2.74.